The van der Waals surface area contributed by atoms with Crippen LogP contribution < -0.4 is 0 Å². The third kappa shape index (κ3) is 3.12. The van der Waals surface area contributed by atoms with Gasteiger partial charge in [-0.15, -0.1) is 0 Å². The van der Waals surface area contributed by atoms with Crippen molar-refractivity contribution in [2.24, 2.45) is 0 Å². The van der Waals surface area contributed by atoms with E-state index in [1.54, 1.807) is 0 Å². The van der Waals surface area contributed by atoms with Gasteiger partial charge in [0.05, 0.1) is 10.9 Å². The second-order valence-electron chi connectivity index (χ2n) is 4.52. The highest BCUT2D eigenvalue weighted by Gasteiger charge is 2.31. The lowest BCUT2D eigenvalue weighted by molar-refractivity contribution is -0.137. The Labute approximate surface area is 118 Å². The summed E-state index contributed by atoms with van der Waals surface area (Å²) < 4.78 is 13.7. The van der Waals surface area contributed by atoms with E-state index in [4.69, 9.17) is 5.11 Å². The van der Waals surface area contributed by atoms with Gasteiger partial charge in [0.25, 0.3) is 5.91 Å². The topological polar surface area (TPSA) is 57.6 Å². The lowest BCUT2D eigenvalue weighted by Gasteiger charge is -2.23. The standard InChI is InChI=1S/C13H13BrFNO3/c14-10-4-3-8(6-11(10)15)13(19)16-5-1-2-9(16)7-12(17)18/h3-4,6,9H,1-2,5,7H2,(H,17,18)/t9-/m0/s1. The van der Waals surface area contributed by atoms with Crippen LogP contribution in [0.5, 0.6) is 0 Å². The summed E-state index contributed by atoms with van der Waals surface area (Å²) in [5.74, 6) is -1.73. The quantitative estimate of drug-likeness (QED) is 0.927. The van der Waals surface area contributed by atoms with Gasteiger partial charge in [0.2, 0.25) is 0 Å². The van der Waals surface area contributed by atoms with E-state index in [0.717, 1.165) is 6.42 Å². The van der Waals surface area contributed by atoms with E-state index in [1.165, 1.54) is 23.1 Å². The van der Waals surface area contributed by atoms with Crippen molar-refractivity contribution >= 4 is 27.8 Å². The molecule has 6 heteroatoms. The zero-order valence-electron chi connectivity index (χ0n) is 10.1. The van der Waals surface area contributed by atoms with Crippen LogP contribution >= 0.6 is 15.9 Å². The number of nitrogens with zero attached hydrogens (tertiary/aromatic N) is 1. The molecule has 0 aliphatic carbocycles. The molecule has 1 N–H and O–H groups in total. The molecule has 1 aromatic rings. The monoisotopic (exact) mass is 329 g/mol. The van der Waals surface area contributed by atoms with Crippen LogP contribution in [0.25, 0.3) is 0 Å². The van der Waals surface area contributed by atoms with Crippen molar-refractivity contribution in [2.75, 3.05) is 6.54 Å². The summed E-state index contributed by atoms with van der Waals surface area (Å²) in [6.07, 6.45) is 1.39. The molecule has 1 fully saturated rings. The SMILES string of the molecule is O=C(O)C[C@@H]1CCCN1C(=O)c1ccc(Br)c(F)c1. The van der Waals surface area contributed by atoms with Crippen LogP contribution in [0.4, 0.5) is 4.39 Å². The highest BCUT2D eigenvalue weighted by molar-refractivity contribution is 9.10. The van der Waals surface area contributed by atoms with E-state index in [0.29, 0.717) is 17.4 Å². The first-order valence-corrected chi connectivity index (χ1v) is 6.76. The second kappa shape index (κ2) is 5.69. The molecule has 1 aliphatic rings. The van der Waals surface area contributed by atoms with Crippen LogP contribution in [0.1, 0.15) is 29.6 Å². The average Bonchev–Trinajstić information content (AvgIpc) is 2.79. The second-order valence-corrected chi connectivity index (χ2v) is 5.38. The molecule has 0 radical (unpaired) electrons. The Balaban J connectivity index is 2.18. The van der Waals surface area contributed by atoms with Gasteiger partial charge in [-0.1, -0.05) is 0 Å². The minimum Gasteiger partial charge on any atom is -0.481 e. The number of hydrogen-bond acceptors (Lipinski definition) is 2. The molecule has 4 nitrogen and oxygen atoms in total. The lowest BCUT2D eigenvalue weighted by Crippen LogP contribution is -2.36. The number of carboxylic acids is 1. The maximum absolute atomic E-state index is 13.4. The molecule has 1 saturated heterocycles. The summed E-state index contributed by atoms with van der Waals surface area (Å²) in [7, 11) is 0. The molecule has 0 unspecified atom stereocenters. The van der Waals surface area contributed by atoms with Crippen LogP contribution in [0.2, 0.25) is 0 Å². The van der Waals surface area contributed by atoms with E-state index in [2.05, 4.69) is 15.9 Å². The number of carbonyl (C=O) groups is 2. The first-order chi connectivity index (χ1) is 8.99. The van der Waals surface area contributed by atoms with Gasteiger partial charge in [-0.05, 0) is 47.0 Å². The maximum Gasteiger partial charge on any atom is 0.305 e. The molecule has 1 heterocycles. The molecule has 1 atom stereocenters. The van der Waals surface area contributed by atoms with Gasteiger partial charge in [-0.3, -0.25) is 9.59 Å². The summed E-state index contributed by atoms with van der Waals surface area (Å²) in [5, 5.41) is 8.82. The Morgan fingerprint density at radius 1 is 1.47 bits per heavy atom. The number of halogens is 2. The highest BCUT2D eigenvalue weighted by atomic mass is 79.9. The van der Waals surface area contributed by atoms with E-state index < -0.39 is 11.8 Å². The van der Waals surface area contributed by atoms with Gasteiger partial charge < -0.3 is 10.0 Å². The van der Waals surface area contributed by atoms with Crippen LogP contribution in [-0.4, -0.2) is 34.5 Å². The van der Waals surface area contributed by atoms with Crippen molar-refractivity contribution in [3.63, 3.8) is 0 Å². The van der Waals surface area contributed by atoms with Crippen molar-refractivity contribution in [2.45, 2.75) is 25.3 Å². The average molecular weight is 330 g/mol. The molecular formula is C13H13BrFNO3. The number of likely N-dealkylation sites (tertiary alicyclic amines) is 1. The molecule has 102 valence electrons. The molecule has 2 rings (SSSR count). The Morgan fingerprint density at radius 3 is 2.84 bits per heavy atom. The van der Waals surface area contributed by atoms with Crippen molar-refractivity contribution in [3.05, 3.63) is 34.1 Å². The van der Waals surface area contributed by atoms with E-state index in [1.807, 2.05) is 0 Å². The van der Waals surface area contributed by atoms with E-state index >= 15 is 0 Å². The molecule has 0 bridgehead atoms. The zero-order valence-corrected chi connectivity index (χ0v) is 11.7. The van der Waals surface area contributed by atoms with Crippen LogP contribution in [0.3, 0.4) is 0 Å². The van der Waals surface area contributed by atoms with Gasteiger partial charge in [0, 0.05) is 18.2 Å². The Hall–Kier alpha value is -1.43. The highest BCUT2D eigenvalue weighted by Crippen LogP contribution is 2.24. The molecule has 0 spiro atoms. The Kier molecular flexibility index (Phi) is 4.19. The molecule has 0 saturated carbocycles. The van der Waals surface area contributed by atoms with Gasteiger partial charge >= 0.3 is 5.97 Å². The van der Waals surface area contributed by atoms with E-state index in [-0.39, 0.29) is 23.9 Å². The lowest BCUT2D eigenvalue weighted by atomic mass is 10.1. The first-order valence-electron chi connectivity index (χ1n) is 5.97. The Bertz CT molecular complexity index is 521. The number of benzene rings is 1. The van der Waals surface area contributed by atoms with Crippen molar-refractivity contribution < 1.29 is 19.1 Å². The summed E-state index contributed by atoms with van der Waals surface area (Å²) in [6.45, 7) is 0.522. The summed E-state index contributed by atoms with van der Waals surface area (Å²) in [4.78, 5) is 24.5. The van der Waals surface area contributed by atoms with Gasteiger partial charge in [-0.2, -0.15) is 0 Å². The summed E-state index contributed by atoms with van der Waals surface area (Å²) >= 11 is 3.03. The van der Waals surface area contributed by atoms with Gasteiger partial charge in [0.1, 0.15) is 5.82 Å². The van der Waals surface area contributed by atoms with Crippen LogP contribution in [-0.2, 0) is 4.79 Å². The summed E-state index contributed by atoms with van der Waals surface area (Å²) in [6, 6.07) is 3.88. The molecule has 1 aliphatic heterocycles. The summed E-state index contributed by atoms with van der Waals surface area (Å²) in [5.41, 5.74) is 0.248. The fraction of sp³-hybridized carbons (Fsp3) is 0.385. The third-order valence-electron chi connectivity index (χ3n) is 3.21. The van der Waals surface area contributed by atoms with Crippen molar-refractivity contribution in [1.29, 1.82) is 0 Å². The first kappa shape index (κ1) is 14.0. The fourth-order valence-electron chi connectivity index (χ4n) is 2.31. The predicted molar refractivity (Wildman–Crippen MR) is 70.4 cm³/mol. The van der Waals surface area contributed by atoms with Crippen LogP contribution in [0.15, 0.2) is 22.7 Å². The van der Waals surface area contributed by atoms with Gasteiger partial charge in [0.15, 0.2) is 0 Å². The van der Waals surface area contributed by atoms with Gasteiger partial charge in [-0.25, -0.2) is 4.39 Å². The largest absolute Gasteiger partial charge is 0.481 e. The number of carbonyl (C=O) groups excluding carboxylic acids is 1. The zero-order chi connectivity index (χ0) is 14.0. The number of carboxylic acid groups (broad SMARTS) is 1. The normalized spacial score (nSPS) is 18.6. The molecular weight excluding hydrogens is 317 g/mol. The smallest absolute Gasteiger partial charge is 0.305 e. The predicted octanol–water partition coefficient (Wildman–Crippen LogP) is 2.67. The number of aliphatic carboxylic acids is 1. The number of amides is 1. The molecule has 0 aromatic heterocycles. The molecule has 1 amide bonds. The Morgan fingerprint density at radius 2 is 2.21 bits per heavy atom. The maximum atomic E-state index is 13.4. The number of rotatable bonds is 3. The number of hydrogen-bond donors (Lipinski definition) is 1. The molecule has 19 heavy (non-hydrogen) atoms. The molecule has 1 aromatic carbocycles. The third-order valence-corrected chi connectivity index (χ3v) is 3.86. The van der Waals surface area contributed by atoms with Crippen LogP contribution in [0, 0.1) is 5.82 Å². The minimum absolute atomic E-state index is 0.0647. The van der Waals surface area contributed by atoms with Crippen molar-refractivity contribution in [3.8, 4) is 0 Å². The van der Waals surface area contributed by atoms with E-state index in [9.17, 15) is 14.0 Å². The fourth-order valence-corrected chi connectivity index (χ4v) is 2.56. The minimum atomic E-state index is -0.924. The van der Waals surface area contributed by atoms with Crippen molar-refractivity contribution in [1.82, 2.24) is 4.90 Å².